The third-order valence-electron chi connectivity index (χ3n) is 7.41. The number of ether oxygens (including phenoxy) is 2. The van der Waals surface area contributed by atoms with E-state index in [1.54, 1.807) is 33.1 Å². The molecule has 0 saturated heterocycles. The number of hydrogen-bond donors (Lipinski definition) is 2. The molecule has 1 aliphatic rings. The van der Waals surface area contributed by atoms with E-state index in [1.807, 2.05) is 38.2 Å². The number of sulfonamides is 1. The Hall–Kier alpha value is -3.39. The largest absolute Gasteiger partial charge is 0.497 e. The summed E-state index contributed by atoms with van der Waals surface area (Å²) in [4.78, 5) is 2.20. The maximum atomic E-state index is 13.7. The Kier molecular flexibility index (Phi) is 10.3. The molecule has 8 nitrogen and oxygen atoms in total. The van der Waals surface area contributed by atoms with Crippen LogP contribution in [0.5, 0.6) is 11.5 Å². The number of nitrogens with zero attached hydrogens (tertiary/aromatic N) is 2. The molecule has 0 aliphatic carbocycles. The van der Waals surface area contributed by atoms with Gasteiger partial charge in [0.1, 0.15) is 28.6 Å². The quantitative estimate of drug-likeness (QED) is 0.382. The van der Waals surface area contributed by atoms with Gasteiger partial charge < -0.3 is 19.7 Å². The molecule has 0 fully saturated rings. The van der Waals surface area contributed by atoms with Gasteiger partial charge in [0.25, 0.3) is 0 Å². The summed E-state index contributed by atoms with van der Waals surface area (Å²) in [6.07, 6.45) is -1.15. The summed E-state index contributed by atoms with van der Waals surface area (Å²) in [5.74, 6) is 6.44. The number of methoxy groups -OCH3 is 1. The Balaban J connectivity index is 1.57. The van der Waals surface area contributed by atoms with Crippen molar-refractivity contribution in [2.24, 2.45) is 5.92 Å². The van der Waals surface area contributed by atoms with Gasteiger partial charge >= 0.3 is 0 Å². The number of rotatable bonds is 8. The predicted octanol–water partition coefficient (Wildman–Crippen LogP) is 4.00. The minimum absolute atomic E-state index is 0.0408. The van der Waals surface area contributed by atoms with Gasteiger partial charge in [-0.05, 0) is 67.9 Å². The summed E-state index contributed by atoms with van der Waals surface area (Å²) < 4.78 is 40.4. The molecule has 4 atom stereocenters. The van der Waals surface area contributed by atoms with Crippen molar-refractivity contribution in [2.45, 2.75) is 50.5 Å². The highest BCUT2D eigenvalue weighted by Crippen LogP contribution is 2.34. The summed E-state index contributed by atoms with van der Waals surface area (Å²) in [5, 5.41) is 19.5. The summed E-state index contributed by atoms with van der Waals surface area (Å²) in [6, 6.07) is 20.5. The van der Waals surface area contributed by atoms with Gasteiger partial charge in [0, 0.05) is 37.2 Å². The van der Waals surface area contributed by atoms with Crippen molar-refractivity contribution < 1.29 is 28.1 Å². The lowest BCUT2D eigenvalue weighted by Crippen LogP contribution is -2.49. The molecule has 3 aromatic carbocycles. The van der Waals surface area contributed by atoms with Gasteiger partial charge in [-0.25, -0.2) is 8.42 Å². The first-order valence-corrected chi connectivity index (χ1v) is 15.5. The van der Waals surface area contributed by atoms with Crippen LogP contribution in [0.2, 0.25) is 0 Å². The maximum absolute atomic E-state index is 13.7. The SMILES string of the molecule is COc1ccc(-c2ccc(CN(C)C[C@@H]3Oc4cc(C#C[C@@H](C)O)ccc4S(=O)(=O)N([C@@H](C)CO)C[C@@H]3C)cc2)cc1. The number of hydrogen-bond acceptors (Lipinski definition) is 7. The highest BCUT2D eigenvalue weighted by Gasteiger charge is 2.38. The minimum atomic E-state index is -3.94. The Morgan fingerprint density at radius 1 is 1.07 bits per heavy atom. The minimum Gasteiger partial charge on any atom is -0.497 e. The third kappa shape index (κ3) is 7.51. The van der Waals surface area contributed by atoms with Gasteiger partial charge in [0.2, 0.25) is 10.0 Å². The van der Waals surface area contributed by atoms with Crippen LogP contribution in [-0.2, 0) is 16.6 Å². The lowest BCUT2D eigenvalue weighted by Gasteiger charge is -2.37. The number of aliphatic hydroxyl groups excluding tert-OH is 2. The lowest BCUT2D eigenvalue weighted by atomic mass is 10.0. The topological polar surface area (TPSA) is 99.5 Å². The molecule has 2 N–H and O–H groups in total. The van der Waals surface area contributed by atoms with Crippen molar-refractivity contribution in [3.63, 3.8) is 0 Å². The zero-order valence-corrected chi connectivity index (χ0v) is 25.6. The van der Waals surface area contributed by atoms with E-state index in [0.717, 1.165) is 22.4 Å². The summed E-state index contributed by atoms with van der Waals surface area (Å²) >= 11 is 0. The van der Waals surface area contributed by atoms with Gasteiger partial charge in [-0.3, -0.25) is 4.90 Å². The van der Waals surface area contributed by atoms with Crippen molar-refractivity contribution in [1.29, 1.82) is 0 Å². The standard InChI is InChI=1S/C33H40N2O6S/c1-23-19-35(24(2)22-36)42(38,39)33-17-10-26(7-6-25(3)37)18-31(33)41-32(23)21-34(4)20-27-8-11-28(12-9-27)29-13-15-30(40-5)16-14-29/h8-18,23-25,32,36-37H,19-22H2,1-5H3/t23-,24-,25+,32-/m0/s1. The first-order valence-electron chi connectivity index (χ1n) is 14.1. The second kappa shape index (κ2) is 13.7. The Bertz CT molecular complexity index is 1510. The van der Waals surface area contributed by atoms with Crippen LogP contribution in [0.25, 0.3) is 11.1 Å². The first-order chi connectivity index (χ1) is 20.0. The van der Waals surface area contributed by atoms with E-state index in [2.05, 4.69) is 41.0 Å². The fourth-order valence-electron chi connectivity index (χ4n) is 4.98. The average molecular weight is 593 g/mol. The molecule has 3 aromatic rings. The molecule has 42 heavy (non-hydrogen) atoms. The van der Waals surface area contributed by atoms with E-state index in [9.17, 15) is 18.6 Å². The second-order valence-corrected chi connectivity index (χ2v) is 12.8. The molecule has 9 heteroatoms. The highest BCUT2D eigenvalue weighted by atomic mass is 32.2. The molecular formula is C33H40N2O6S. The van der Waals surface area contributed by atoms with E-state index in [1.165, 1.54) is 10.4 Å². The molecule has 0 spiro atoms. The Labute approximate surface area is 249 Å². The Morgan fingerprint density at radius 2 is 1.71 bits per heavy atom. The average Bonchev–Trinajstić information content (AvgIpc) is 2.97. The smallest absolute Gasteiger partial charge is 0.247 e. The van der Waals surface area contributed by atoms with E-state index in [0.29, 0.717) is 18.7 Å². The summed E-state index contributed by atoms with van der Waals surface area (Å²) in [7, 11) is -0.266. The fraction of sp³-hybridized carbons (Fsp3) is 0.394. The first kappa shape index (κ1) is 31.5. The van der Waals surface area contributed by atoms with Crippen LogP contribution >= 0.6 is 0 Å². The monoisotopic (exact) mass is 592 g/mol. The number of likely N-dealkylation sites (N-methyl/N-ethyl adjacent to an activating group) is 1. The molecule has 224 valence electrons. The van der Waals surface area contributed by atoms with Gasteiger partial charge in [-0.15, -0.1) is 0 Å². The molecule has 0 amide bonds. The normalized spacial score (nSPS) is 19.8. The third-order valence-corrected chi connectivity index (χ3v) is 9.43. The molecule has 4 rings (SSSR count). The van der Waals surface area contributed by atoms with Crippen molar-refractivity contribution in [1.82, 2.24) is 9.21 Å². The van der Waals surface area contributed by atoms with Crippen molar-refractivity contribution >= 4 is 10.0 Å². The number of benzene rings is 3. The molecule has 0 bridgehead atoms. The molecule has 0 saturated carbocycles. The lowest BCUT2D eigenvalue weighted by molar-refractivity contribution is 0.0733. The van der Waals surface area contributed by atoms with Crippen molar-refractivity contribution in [3.8, 4) is 34.5 Å². The molecule has 0 unspecified atom stereocenters. The highest BCUT2D eigenvalue weighted by molar-refractivity contribution is 7.89. The van der Waals surface area contributed by atoms with E-state index < -0.39 is 22.2 Å². The van der Waals surface area contributed by atoms with Gasteiger partial charge in [-0.2, -0.15) is 4.31 Å². The van der Waals surface area contributed by atoms with Gasteiger partial charge in [-0.1, -0.05) is 55.2 Å². The maximum Gasteiger partial charge on any atom is 0.247 e. The predicted molar refractivity (Wildman–Crippen MR) is 164 cm³/mol. The van der Waals surface area contributed by atoms with E-state index in [4.69, 9.17) is 9.47 Å². The van der Waals surface area contributed by atoms with Gasteiger partial charge in [0.15, 0.2) is 0 Å². The van der Waals surface area contributed by atoms with Crippen LogP contribution < -0.4 is 9.47 Å². The summed E-state index contributed by atoms with van der Waals surface area (Å²) in [6.45, 7) is 6.38. The van der Waals surface area contributed by atoms with Crippen LogP contribution in [0, 0.1) is 17.8 Å². The van der Waals surface area contributed by atoms with Crippen LogP contribution in [0.15, 0.2) is 71.6 Å². The van der Waals surface area contributed by atoms with Crippen LogP contribution in [-0.4, -0.2) is 79.9 Å². The number of fused-ring (bicyclic) bond motifs is 1. The van der Waals surface area contributed by atoms with E-state index >= 15 is 0 Å². The van der Waals surface area contributed by atoms with Crippen LogP contribution in [0.1, 0.15) is 31.9 Å². The Morgan fingerprint density at radius 3 is 2.31 bits per heavy atom. The van der Waals surface area contributed by atoms with Crippen molar-refractivity contribution in [3.05, 3.63) is 77.9 Å². The molecule has 0 radical (unpaired) electrons. The zero-order chi connectivity index (χ0) is 30.4. The van der Waals surface area contributed by atoms with Crippen LogP contribution in [0.3, 0.4) is 0 Å². The van der Waals surface area contributed by atoms with Crippen molar-refractivity contribution in [2.75, 3.05) is 33.9 Å². The number of aliphatic hydroxyl groups is 2. The van der Waals surface area contributed by atoms with Gasteiger partial charge in [0.05, 0.1) is 13.7 Å². The second-order valence-electron chi connectivity index (χ2n) is 11.0. The molecule has 1 heterocycles. The van der Waals surface area contributed by atoms with Crippen LogP contribution in [0.4, 0.5) is 0 Å². The molecular weight excluding hydrogens is 552 g/mol. The summed E-state index contributed by atoms with van der Waals surface area (Å²) in [5.41, 5.74) is 3.91. The molecule has 1 aliphatic heterocycles. The fourth-order valence-corrected chi connectivity index (χ4v) is 6.80. The van der Waals surface area contributed by atoms with E-state index in [-0.39, 0.29) is 35.8 Å². The zero-order valence-electron chi connectivity index (χ0n) is 24.8. The molecule has 0 aromatic heterocycles.